The third-order valence-corrected chi connectivity index (χ3v) is 4.00. The Bertz CT molecular complexity index is 496. The molecule has 1 heterocycles. The van der Waals surface area contributed by atoms with Gasteiger partial charge in [-0.05, 0) is 25.8 Å². The van der Waals surface area contributed by atoms with Crippen molar-refractivity contribution in [2.75, 3.05) is 0 Å². The Morgan fingerprint density at radius 2 is 2.14 bits per heavy atom. The lowest BCUT2D eigenvalue weighted by Gasteiger charge is -2.37. The van der Waals surface area contributed by atoms with E-state index in [2.05, 4.69) is 10.4 Å². The first-order chi connectivity index (χ1) is 9.89. The molecule has 1 fully saturated rings. The maximum atomic E-state index is 14.2. The molecule has 2 N–H and O–H groups in total. The Morgan fingerprint density at radius 3 is 2.71 bits per heavy atom. The van der Waals surface area contributed by atoms with Crippen molar-refractivity contribution in [3.8, 4) is 0 Å². The van der Waals surface area contributed by atoms with E-state index in [1.807, 2.05) is 6.92 Å². The summed E-state index contributed by atoms with van der Waals surface area (Å²) in [4.78, 5) is 11.8. The van der Waals surface area contributed by atoms with Gasteiger partial charge in [-0.2, -0.15) is 13.9 Å². The molecule has 2 rings (SSSR count). The highest BCUT2D eigenvalue weighted by Crippen LogP contribution is 2.40. The molecule has 0 saturated heterocycles. The van der Waals surface area contributed by atoms with E-state index in [1.54, 1.807) is 16.9 Å². The van der Waals surface area contributed by atoms with Gasteiger partial charge in [-0.1, -0.05) is 19.3 Å². The second kappa shape index (κ2) is 6.09. The second-order valence-corrected chi connectivity index (χ2v) is 5.51. The van der Waals surface area contributed by atoms with E-state index in [-0.39, 0.29) is 19.4 Å². The van der Waals surface area contributed by atoms with E-state index in [1.165, 1.54) is 0 Å². The molecule has 1 amide bonds. The summed E-state index contributed by atoms with van der Waals surface area (Å²) < 4.78 is 30.0. The highest BCUT2D eigenvalue weighted by atomic mass is 19.3. The Labute approximate surface area is 122 Å². The number of halogens is 2. The molecule has 0 radical (unpaired) electrons. The van der Waals surface area contributed by atoms with E-state index in [4.69, 9.17) is 0 Å². The lowest BCUT2D eigenvalue weighted by molar-refractivity contribution is -0.201. The van der Waals surface area contributed by atoms with Crippen LogP contribution in [0.5, 0.6) is 0 Å². The molecule has 1 aromatic heterocycles. The van der Waals surface area contributed by atoms with Crippen molar-refractivity contribution in [3.63, 3.8) is 0 Å². The Kier molecular flexibility index (Phi) is 4.61. The quantitative estimate of drug-likeness (QED) is 0.872. The Hall–Kier alpha value is -1.50. The summed E-state index contributed by atoms with van der Waals surface area (Å²) in [6.45, 7) is 2.50. The molecule has 0 unspecified atom stereocenters. The third-order valence-electron chi connectivity index (χ3n) is 4.00. The van der Waals surface area contributed by atoms with Gasteiger partial charge in [0.15, 0.2) is 0 Å². The first-order valence-corrected chi connectivity index (χ1v) is 7.30. The van der Waals surface area contributed by atoms with E-state index in [0.29, 0.717) is 25.1 Å². The number of carbonyl (C=O) groups excluding carboxylic acids is 1. The molecule has 1 aromatic rings. The highest BCUT2D eigenvalue weighted by molar-refractivity contribution is 5.84. The van der Waals surface area contributed by atoms with Crippen LogP contribution in [-0.2, 0) is 17.9 Å². The van der Waals surface area contributed by atoms with E-state index in [0.717, 1.165) is 6.42 Å². The number of aliphatic hydroxyl groups is 1. The van der Waals surface area contributed by atoms with Gasteiger partial charge in [-0.15, -0.1) is 0 Å². The number of nitrogens with zero attached hydrogens (tertiary/aromatic N) is 2. The van der Waals surface area contributed by atoms with E-state index in [9.17, 15) is 18.7 Å². The second-order valence-electron chi connectivity index (χ2n) is 5.51. The lowest BCUT2D eigenvalue weighted by atomic mass is 9.79. The molecule has 1 saturated carbocycles. The van der Waals surface area contributed by atoms with Crippen molar-refractivity contribution in [2.24, 2.45) is 0 Å². The van der Waals surface area contributed by atoms with Gasteiger partial charge in [-0.3, -0.25) is 9.48 Å². The van der Waals surface area contributed by atoms with E-state index < -0.39 is 17.4 Å². The molecule has 1 aliphatic carbocycles. The fourth-order valence-electron chi connectivity index (χ4n) is 2.62. The van der Waals surface area contributed by atoms with Gasteiger partial charge in [-0.25, -0.2) is 0 Å². The highest BCUT2D eigenvalue weighted by Gasteiger charge is 2.58. The molecule has 1 aliphatic rings. The summed E-state index contributed by atoms with van der Waals surface area (Å²) in [7, 11) is 0. The number of aryl methyl sites for hydroxylation is 1. The molecule has 0 spiro atoms. The summed E-state index contributed by atoms with van der Waals surface area (Å²) in [5.41, 5.74) is -1.71. The Balaban J connectivity index is 1.97. The summed E-state index contributed by atoms with van der Waals surface area (Å²) in [6, 6.07) is 1.66. The summed E-state index contributed by atoms with van der Waals surface area (Å²) in [5, 5.41) is 16.4. The number of rotatable bonds is 5. The lowest BCUT2D eigenvalue weighted by Crippen LogP contribution is -2.57. The first-order valence-electron chi connectivity index (χ1n) is 7.30. The van der Waals surface area contributed by atoms with Crippen molar-refractivity contribution in [2.45, 2.75) is 63.6 Å². The van der Waals surface area contributed by atoms with Crippen LogP contribution in [0.1, 0.15) is 44.7 Å². The maximum absolute atomic E-state index is 14.2. The van der Waals surface area contributed by atoms with Crippen LogP contribution in [-0.4, -0.2) is 32.3 Å². The normalized spacial score (nSPS) is 18.5. The summed E-state index contributed by atoms with van der Waals surface area (Å²) >= 11 is 0. The number of hydrogen-bond acceptors (Lipinski definition) is 3. The summed E-state index contributed by atoms with van der Waals surface area (Å²) in [6.07, 6.45) is 3.47. The van der Waals surface area contributed by atoms with Gasteiger partial charge in [0.2, 0.25) is 0 Å². The molecule has 0 bridgehead atoms. The smallest absolute Gasteiger partial charge is 0.352 e. The van der Waals surface area contributed by atoms with Crippen LogP contribution in [0, 0.1) is 0 Å². The molecule has 118 valence electrons. The minimum absolute atomic E-state index is 0.0438. The van der Waals surface area contributed by atoms with Crippen molar-refractivity contribution in [3.05, 3.63) is 18.0 Å². The van der Waals surface area contributed by atoms with Crippen molar-refractivity contribution >= 4 is 5.91 Å². The minimum atomic E-state index is -3.78. The fourth-order valence-corrected chi connectivity index (χ4v) is 2.62. The van der Waals surface area contributed by atoms with Gasteiger partial charge >= 0.3 is 5.92 Å². The zero-order valence-corrected chi connectivity index (χ0v) is 12.1. The molecule has 0 atom stereocenters. The number of alkyl halides is 2. The van der Waals surface area contributed by atoms with Gasteiger partial charge < -0.3 is 10.4 Å². The maximum Gasteiger partial charge on any atom is 0.352 e. The van der Waals surface area contributed by atoms with Crippen LogP contribution in [0.3, 0.4) is 0 Å². The Morgan fingerprint density at radius 1 is 1.48 bits per heavy atom. The standard InChI is InChI=1S/C14H21F2N3O2/c1-2-19-9-6-11(18-19)10-17-12(20)14(15,16)13(21)7-4-3-5-8-13/h6,9,21H,2-5,7-8,10H2,1H3,(H,17,20). The zero-order valence-electron chi connectivity index (χ0n) is 12.1. The summed E-state index contributed by atoms with van der Waals surface area (Å²) in [5.74, 6) is -5.21. The molecular formula is C14H21F2N3O2. The molecule has 0 aliphatic heterocycles. The zero-order chi connectivity index (χ0) is 15.5. The van der Waals surface area contributed by atoms with Crippen LogP contribution in [0.2, 0.25) is 0 Å². The minimum Gasteiger partial charge on any atom is -0.383 e. The molecule has 21 heavy (non-hydrogen) atoms. The number of amides is 1. The predicted molar refractivity (Wildman–Crippen MR) is 72.7 cm³/mol. The van der Waals surface area contributed by atoms with Gasteiger partial charge in [0.05, 0.1) is 12.2 Å². The third kappa shape index (κ3) is 3.23. The van der Waals surface area contributed by atoms with Crippen LogP contribution in [0.4, 0.5) is 8.78 Å². The number of carbonyl (C=O) groups is 1. The van der Waals surface area contributed by atoms with Crippen LogP contribution in [0.15, 0.2) is 12.3 Å². The van der Waals surface area contributed by atoms with Crippen molar-refractivity contribution < 1.29 is 18.7 Å². The fraction of sp³-hybridized carbons (Fsp3) is 0.714. The number of nitrogens with one attached hydrogen (secondary N) is 1. The van der Waals surface area contributed by atoms with Crippen molar-refractivity contribution in [1.82, 2.24) is 15.1 Å². The monoisotopic (exact) mass is 301 g/mol. The molecule has 5 nitrogen and oxygen atoms in total. The largest absolute Gasteiger partial charge is 0.383 e. The molecule has 0 aromatic carbocycles. The molecule has 7 heteroatoms. The average Bonchev–Trinajstić information content (AvgIpc) is 2.93. The van der Waals surface area contributed by atoms with Crippen LogP contribution < -0.4 is 5.32 Å². The van der Waals surface area contributed by atoms with Crippen LogP contribution in [0.25, 0.3) is 0 Å². The number of aromatic nitrogens is 2. The average molecular weight is 301 g/mol. The number of hydrogen-bond donors (Lipinski definition) is 2. The van der Waals surface area contributed by atoms with Gasteiger partial charge in [0, 0.05) is 12.7 Å². The molecular weight excluding hydrogens is 280 g/mol. The van der Waals surface area contributed by atoms with Gasteiger partial charge in [0.1, 0.15) is 5.60 Å². The SMILES string of the molecule is CCn1ccc(CNC(=O)C(F)(F)C2(O)CCCCC2)n1. The van der Waals surface area contributed by atoms with Crippen LogP contribution >= 0.6 is 0 Å². The predicted octanol–water partition coefficient (Wildman–Crippen LogP) is 1.85. The van der Waals surface area contributed by atoms with Crippen molar-refractivity contribution in [1.29, 1.82) is 0 Å². The van der Waals surface area contributed by atoms with Gasteiger partial charge in [0.25, 0.3) is 5.91 Å². The topological polar surface area (TPSA) is 67.2 Å². The first kappa shape index (κ1) is 15.9. The van der Waals surface area contributed by atoms with E-state index >= 15 is 0 Å².